The lowest BCUT2D eigenvalue weighted by atomic mass is 9.96. The van der Waals surface area contributed by atoms with Gasteiger partial charge in [-0.25, -0.2) is 4.79 Å². The molecule has 0 saturated carbocycles. The molecule has 1 saturated heterocycles. The van der Waals surface area contributed by atoms with Gasteiger partial charge in [0.1, 0.15) is 0 Å². The van der Waals surface area contributed by atoms with Crippen molar-refractivity contribution in [2.24, 2.45) is 0 Å². The first-order valence-corrected chi connectivity index (χ1v) is 7.16. The topological polar surface area (TPSA) is 65.1 Å². The fourth-order valence-corrected chi connectivity index (χ4v) is 3.09. The van der Waals surface area contributed by atoms with Crippen LogP contribution in [0.2, 0.25) is 0 Å². The highest BCUT2D eigenvalue weighted by molar-refractivity contribution is 5.98. The molecule has 2 aliphatic heterocycles. The molecule has 3 atom stereocenters. The van der Waals surface area contributed by atoms with Gasteiger partial charge >= 0.3 is 5.97 Å². The molecule has 2 heterocycles. The van der Waals surface area contributed by atoms with Crippen molar-refractivity contribution >= 4 is 11.9 Å². The number of ether oxygens (including phenoxy) is 3. The zero-order valence-electron chi connectivity index (χ0n) is 13.0. The predicted octanol–water partition coefficient (Wildman–Crippen LogP) is 0.901. The van der Waals surface area contributed by atoms with Gasteiger partial charge in [-0.2, -0.15) is 0 Å². The zero-order chi connectivity index (χ0) is 15.6. The van der Waals surface area contributed by atoms with E-state index in [9.17, 15) is 9.59 Å². The molecule has 0 aliphatic carbocycles. The van der Waals surface area contributed by atoms with Gasteiger partial charge in [0.2, 0.25) is 5.60 Å². The Bertz CT molecular complexity index is 447. The number of rotatable bonds is 5. The van der Waals surface area contributed by atoms with Crippen molar-refractivity contribution < 1.29 is 23.8 Å². The van der Waals surface area contributed by atoms with Gasteiger partial charge in [0.15, 0.2) is 0 Å². The summed E-state index contributed by atoms with van der Waals surface area (Å²) >= 11 is 0. The largest absolute Gasteiger partial charge is 0.441 e. The quantitative estimate of drug-likeness (QED) is 0.705. The van der Waals surface area contributed by atoms with E-state index in [4.69, 9.17) is 14.2 Å². The van der Waals surface area contributed by atoms with Crippen molar-refractivity contribution in [1.29, 1.82) is 0 Å². The second-order valence-corrected chi connectivity index (χ2v) is 5.79. The fraction of sp³-hybridized carbons (Fsp3) is 0.733. The number of methoxy groups -OCH3 is 2. The minimum absolute atomic E-state index is 0.00780. The summed E-state index contributed by atoms with van der Waals surface area (Å²) in [5.41, 5.74) is -0.573. The van der Waals surface area contributed by atoms with Crippen LogP contribution < -0.4 is 0 Å². The third kappa shape index (κ3) is 2.82. The van der Waals surface area contributed by atoms with E-state index in [2.05, 4.69) is 0 Å². The second-order valence-electron chi connectivity index (χ2n) is 5.79. The highest BCUT2D eigenvalue weighted by atomic mass is 16.6. The molecule has 0 unspecified atom stereocenters. The molecule has 2 rings (SSSR count). The lowest BCUT2D eigenvalue weighted by Crippen LogP contribution is -2.54. The van der Waals surface area contributed by atoms with Gasteiger partial charge in [-0.05, 0) is 32.3 Å². The second kappa shape index (κ2) is 6.15. The predicted molar refractivity (Wildman–Crippen MR) is 75.7 cm³/mol. The molecule has 0 aromatic rings. The summed E-state index contributed by atoms with van der Waals surface area (Å²) in [5.74, 6) is -0.655. The maximum Gasteiger partial charge on any atom is 0.332 e. The number of nitrogens with zero attached hydrogens (tertiary/aromatic N) is 1. The standard InChI is InChI=1S/C15H23NO5/c1-10-7-13(17)21-15(10,2)14(18)16-11(8-19-3)5-6-12(16)9-20-4/h7,11-12H,5-6,8-9H2,1-4H3/t11-,12-,15-/m1/s1. The van der Waals surface area contributed by atoms with Crippen LogP contribution >= 0.6 is 0 Å². The average molecular weight is 297 g/mol. The van der Waals surface area contributed by atoms with E-state index in [1.54, 1.807) is 33.0 Å². The Balaban J connectivity index is 2.25. The highest BCUT2D eigenvalue weighted by Crippen LogP contribution is 2.34. The van der Waals surface area contributed by atoms with E-state index in [0.717, 1.165) is 12.8 Å². The van der Waals surface area contributed by atoms with Gasteiger partial charge in [-0.15, -0.1) is 0 Å². The highest BCUT2D eigenvalue weighted by Gasteiger charge is 2.50. The van der Waals surface area contributed by atoms with Crippen LogP contribution in [0.3, 0.4) is 0 Å². The Morgan fingerprint density at radius 1 is 1.33 bits per heavy atom. The van der Waals surface area contributed by atoms with E-state index in [1.807, 2.05) is 0 Å². The van der Waals surface area contributed by atoms with Gasteiger partial charge in [-0.1, -0.05) is 0 Å². The third-order valence-electron chi connectivity index (χ3n) is 4.37. The molecule has 0 radical (unpaired) electrons. The van der Waals surface area contributed by atoms with Crippen molar-refractivity contribution in [2.75, 3.05) is 27.4 Å². The molecule has 21 heavy (non-hydrogen) atoms. The van der Waals surface area contributed by atoms with Crippen molar-refractivity contribution in [3.63, 3.8) is 0 Å². The number of carbonyl (C=O) groups is 2. The number of esters is 1. The maximum atomic E-state index is 13.0. The van der Waals surface area contributed by atoms with Crippen LogP contribution in [-0.4, -0.2) is 61.9 Å². The van der Waals surface area contributed by atoms with Crippen molar-refractivity contribution in [2.45, 2.75) is 44.4 Å². The van der Waals surface area contributed by atoms with Crippen LogP contribution in [0.15, 0.2) is 11.6 Å². The van der Waals surface area contributed by atoms with Gasteiger partial charge in [0.05, 0.1) is 25.3 Å². The van der Waals surface area contributed by atoms with E-state index >= 15 is 0 Å². The molecule has 0 bridgehead atoms. The molecule has 0 spiro atoms. The summed E-state index contributed by atoms with van der Waals surface area (Å²) in [7, 11) is 3.24. The summed E-state index contributed by atoms with van der Waals surface area (Å²) in [6.45, 7) is 4.34. The Kier molecular flexibility index (Phi) is 4.68. The van der Waals surface area contributed by atoms with Crippen molar-refractivity contribution in [3.05, 3.63) is 11.6 Å². The fourth-order valence-electron chi connectivity index (χ4n) is 3.09. The number of hydrogen-bond donors (Lipinski definition) is 0. The zero-order valence-corrected chi connectivity index (χ0v) is 13.0. The molecular formula is C15H23NO5. The first kappa shape index (κ1) is 16.0. The maximum absolute atomic E-state index is 13.0. The van der Waals surface area contributed by atoms with Gasteiger partial charge in [0.25, 0.3) is 5.91 Å². The smallest absolute Gasteiger partial charge is 0.332 e. The van der Waals surface area contributed by atoms with E-state index in [-0.39, 0.29) is 18.0 Å². The molecule has 0 N–H and O–H groups in total. The minimum atomic E-state index is -1.21. The van der Waals surface area contributed by atoms with E-state index in [0.29, 0.717) is 18.8 Å². The summed E-state index contributed by atoms with van der Waals surface area (Å²) in [4.78, 5) is 26.3. The molecule has 2 aliphatic rings. The number of hydrogen-bond acceptors (Lipinski definition) is 5. The first-order valence-electron chi connectivity index (χ1n) is 7.16. The summed E-state index contributed by atoms with van der Waals surface area (Å²) in [6.07, 6.45) is 3.10. The normalized spacial score (nSPS) is 32.3. The van der Waals surface area contributed by atoms with Crippen LogP contribution in [0.1, 0.15) is 26.7 Å². The molecule has 0 aromatic carbocycles. The van der Waals surface area contributed by atoms with Gasteiger partial charge < -0.3 is 19.1 Å². The van der Waals surface area contributed by atoms with E-state index in [1.165, 1.54) is 6.08 Å². The number of carbonyl (C=O) groups excluding carboxylic acids is 2. The molecule has 0 aromatic heterocycles. The summed E-state index contributed by atoms with van der Waals surface area (Å²) in [6, 6.07) is -0.0156. The summed E-state index contributed by atoms with van der Waals surface area (Å²) in [5, 5.41) is 0. The monoisotopic (exact) mass is 297 g/mol. The van der Waals surface area contributed by atoms with Crippen LogP contribution in [-0.2, 0) is 23.8 Å². The van der Waals surface area contributed by atoms with Gasteiger partial charge in [0, 0.05) is 20.3 Å². The number of amides is 1. The third-order valence-corrected chi connectivity index (χ3v) is 4.37. The first-order chi connectivity index (χ1) is 9.93. The van der Waals surface area contributed by atoms with Crippen LogP contribution in [0.4, 0.5) is 0 Å². The SMILES string of the molecule is COC[C@H]1CC[C@H](COC)N1C(=O)[C@]1(C)OC(=O)C=C1C. The van der Waals surface area contributed by atoms with Crippen LogP contribution in [0, 0.1) is 0 Å². The lowest BCUT2D eigenvalue weighted by Gasteiger charge is -2.36. The minimum Gasteiger partial charge on any atom is -0.441 e. The Labute approximate surface area is 125 Å². The van der Waals surface area contributed by atoms with Crippen LogP contribution in [0.5, 0.6) is 0 Å². The Hall–Kier alpha value is -1.40. The summed E-state index contributed by atoms with van der Waals surface area (Å²) < 4.78 is 15.7. The van der Waals surface area contributed by atoms with Crippen molar-refractivity contribution in [3.8, 4) is 0 Å². The molecular weight excluding hydrogens is 274 g/mol. The Morgan fingerprint density at radius 3 is 2.24 bits per heavy atom. The lowest BCUT2D eigenvalue weighted by molar-refractivity contribution is -0.164. The van der Waals surface area contributed by atoms with Crippen molar-refractivity contribution in [1.82, 2.24) is 4.90 Å². The van der Waals surface area contributed by atoms with Crippen LogP contribution in [0.25, 0.3) is 0 Å². The van der Waals surface area contributed by atoms with Gasteiger partial charge in [-0.3, -0.25) is 4.79 Å². The molecule has 1 fully saturated rings. The molecule has 1 amide bonds. The van der Waals surface area contributed by atoms with E-state index < -0.39 is 11.6 Å². The molecule has 6 nitrogen and oxygen atoms in total. The average Bonchev–Trinajstić information content (AvgIpc) is 2.92. The number of cyclic esters (lactones) is 1. The number of likely N-dealkylation sites (tertiary alicyclic amines) is 1. The molecule has 6 heteroatoms. The Morgan fingerprint density at radius 2 is 1.86 bits per heavy atom. The molecule has 118 valence electrons.